The van der Waals surface area contributed by atoms with Crippen LogP contribution in [0.5, 0.6) is 0 Å². The Morgan fingerprint density at radius 2 is 2.24 bits per heavy atom. The van der Waals surface area contributed by atoms with Crippen LogP contribution in [0.15, 0.2) is 28.7 Å². The lowest BCUT2D eigenvalue weighted by Crippen LogP contribution is -2.17. The number of sulfonamides is 1. The number of anilines is 2. The third kappa shape index (κ3) is 3.16. The topological polar surface area (TPSA) is 84.0 Å². The van der Waals surface area contributed by atoms with Gasteiger partial charge in [0.05, 0.1) is 11.4 Å². The molecule has 0 radical (unpaired) electrons. The van der Waals surface area contributed by atoms with Crippen molar-refractivity contribution in [3.8, 4) is 0 Å². The maximum Gasteiger partial charge on any atom is 0.283 e. The molecule has 0 atom stereocenters. The number of hydrogen-bond donors (Lipinski definition) is 2. The van der Waals surface area contributed by atoms with Crippen LogP contribution in [0.4, 0.5) is 10.8 Å². The maximum atomic E-state index is 12.4. The highest BCUT2D eigenvalue weighted by molar-refractivity contribution is 7.93. The van der Waals surface area contributed by atoms with Crippen LogP contribution in [0.2, 0.25) is 0 Å². The first-order valence-corrected chi connectivity index (χ1v) is 9.13. The molecule has 0 unspecified atom stereocenters. The molecule has 0 spiro atoms. The molecule has 1 fully saturated rings. The molecule has 8 heteroatoms. The van der Waals surface area contributed by atoms with Crippen LogP contribution in [-0.4, -0.2) is 24.9 Å². The quantitative estimate of drug-likeness (QED) is 0.853. The molecule has 21 heavy (non-hydrogen) atoms. The fourth-order valence-corrected chi connectivity index (χ4v) is 4.15. The van der Waals surface area contributed by atoms with E-state index in [9.17, 15) is 8.42 Å². The molecule has 3 rings (SSSR count). The van der Waals surface area contributed by atoms with Crippen LogP contribution < -0.4 is 10.0 Å². The molecule has 2 aromatic rings. The smallest absolute Gasteiger partial charge is 0.283 e. The molecule has 0 amide bonds. The molecule has 1 saturated carbocycles. The van der Waals surface area contributed by atoms with Crippen molar-refractivity contribution in [2.75, 3.05) is 16.6 Å². The van der Waals surface area contributed by atoms with Gasteiger partial charge in [-0.05, 0) is 31.9 Å². The summed E-state index contributed by atoms with van der Waals surface area (Å²) < 4.78 is 27.4. The molecule has 2 aromatic heterocycles. The van der Waals surface area contributed by atoms with Gasteiger partial charge in [0, 0.05) is 24.0 Å². The van der Waals surface area contributed by atoms with Crippen molar-refractivity contribution in [3.63, 3.8) is 0 Å². The lowest BCUT2D eigenvalue weighted by molar-refractivity contribution is 0.598. The lowest BCUT2D eigenvalue weighted by Gasteiger charge is -2.10. The Labute approximate surface area is 127 Å². The van der Waals surface area contributed by atoms with E-state index in [4.69, 9.17) is 0 Å². The zero-order valence-corrected chi connectivity index (χ0v) is 13.2. The summed E-state index contributed by atoms with van der Waals surface area (Å²) in [7, 11) is -3.73. The zero-order chi connectivity index (χ0) is 14.9. The van der Waals surface area contributed by atoms with Gasteiger partial charge < -0.3 is 5.32 Å². The van der Waals surface area contributed by atoms with E-state index in [1.807, 2.05) is 12.3 Å². The summed E-state index contributed by atoms with van der Waals surface area (Å²) in [6, 6.07) is 3.40. The first-order valence-electron chi connectivity index (χ1n) is 6.77. The molecule has 6 nitrogen and oxygen atoms in total. The summed E-state index contributed by atoms with van der Waals surface area (Å²) in [4.78, 5) is 8.32. The molecule has 0 saturated heterocycles. The molecule has 0 bridgehead atoms. The van der Waals surface area contributed by atoms with E-state index in [1.54, 1.807) is 12.1 Å². The number of aromatic nitrogens is 2. The summed E-state index contributed by atoms with van der Waals surface area (Å²) in [5, 5.41) is 5.31. The normalized spacial score (nSPS) is 14.9. The van der Waals surface area contributed by atoms with Crippen LogP contribution in [0.3, 0.4) is 0 Å². The third-order valence-corrected chi connectivity index (χ3v) is 5.33. The molecular formula is C13H16N4O2S2. The van der Waals surface area contributed by atoms with E-state index in [2.05, 4.69) is 20.0 Å². The van der Waals surface area contributed by atoms with Gasteiger partial charge in [-0.3, -0.25) is 4.72 Å². The van der Waals surface area contributed by atoms with E-state index in [0.29, 0.717) is 23.3 Å². The number of hydrogen-bond acceptors (Lipinski definition) is 6. The monoisotopic (exact) mass is 324 g/mol. The Morgan fingerprint density at radius 3 is 2.95 bits per heavy atom. The second kappa shape index (κ2) is 5.61. The zero-order valence-electron chi connectivity index (χ0n) is 11.5. The van der Waals surface area contributed by atoms with Gasteiger partial charge in [0.25, 0.3) is 10.0 Å². The minimum Gasteiger partial charge on any atom is -0.383 e. The molecule has 1 aliphatic rings. The van der Waals surface area contributed by atoms with Gasteiger partial charge in [-0.25, -0.2) is 9.97 Å². The Bertz CT molecular complexity index is 738. The largest absolute Gasteiger partial charge is 0.383 e. The summed E-state index contributed by atoms with van der Waals surface area (Å²) in [6.07, 6.45) is 3.74. The number of thiazole rings is 1. The summed E-state index contributed by atoms with van der Waals surface area (Å²) in [6.45, 7) is 2.52. The molecule has 2 heterocycles. The van der Waals surface area contributed by atoms with Gasteiger partial charge >= 0.3 is 0 Å². The van der Waals surface area contributed by atoms with Crippen LogP contribution in [-0.2, 0) is 10.0 Å². The van der Waals surface area contributed by atoms with Crippen molar-refractivity contribution in [1.29, 1.82) is 0 Å². The SMILES string of the molecule is CCNc1cccnc1S(=O)(=O)Nc1nc(C2CC2)cs1. The summed E-state index contributed by atoms with van der Waals surface area (Å²) in [5.74, 6) is 0.506. The second-order valence-corrected chi connectivity index (χ2v) is 7.30. The van der Waals surface area contributed by atoms with Gasteiger partial charge in [-0.15, -0.1) is 11.3 Å². The predicted molar refractivity (Wildman–Crippen MR) is 83.3 cm³/mol. The van der Waals surface area contributed by atoms with E-state index in [0.717, 1.165) is 18.5 Å². The minimum atomic E-state index is -3.73. The highest BCUT2D eigenvalue weighted by Gasteiger charge is 2.27. The Kier molecular flexibility index (Phi) is 3.81. The van der Waals surface area contributed by atoms with Crippen LogP contribution in [0, 0.1) is 0 Å². The van der Waals surface area contributed by atoms with Crippen molar-refractivity contribution >= 4 is 32.2 Å². The first kappa shape index (κ1) is 14.3. The standard InChI is InChI=1S/C13H16N4O2S2/c1-2-14-10-4-3-7-15-12(10)21(18,19)17-13-16-11(8-20-13)9-5-6-9/h3-4,7-9,14H,2,5-6H2,1H3,(H,16,17). The molecule has 1 aliphatic carbocycles. The number of pyridine rings is 1. The van der Waals surface area contributed by atoms with Gasteiger partial charge in [0.2, 0.25) is 0 Å². The summed E-state index contributed by atoms with van der Waals surface area (Å²) in [5.41, 5.74) is 1.47. The van der Waals surface area contributed by atoms with Crippen LogP contribution in [0.1, 0.15) is 31.4 Å². The second-order valence-electron chi connectivity index (χ2n) is 4.84. The Morgan fingerprint density at radius 1 is 1.43 bits per heavy atom. The maximum absolute atomic E-state index is 12.4. The third-order valence-electron chi connectivity index (χ3n) is 3.13. The van der Waals surface area contributed by atoms with E-state index < -0.39 is 10.0 Å². The molecule has 2 N–H and O–H groups in total. The minimum absolute atomic E-state index is 0.00461. The first-order chi connectivity index (χ1) is 10.1. The number of rotatable bonds is 6. The molecular weight excluding hydrogens is 308 g/mol. The van der Waals surface area contributed by atoms with Gasteiger partial charge in [-0.2, -0.15) is 8.42 Å². The Hall–Kier alpha value is -1.67. The molecule has 0 aromatic carbocycles. The summed E-state index contributed by atoms with van der Waals surface area (Å²) >= 11 is 1.31. The van der Waals surface area contributed by atoms with Crippen molar-refractivity contribution in [3.05, 3.63) is 29.4 Å². The predicted octanol–water partition coefficient (Wildman–Crippen LogP) is 2.65. The van der Waals surface area contributed by atoms with Gasteiger partial charge in [0.15, 0.2) is 10.2 Å². The van der Waals surface area contributed by atoms with Crippen LogP contribution in [0.25, 0.3) is 0 Å². The van der Waals surface area contributed by atoms with Crippen LogP contribution >= 0.6 is 11.3 Å². The van der Waals surface area contributed by atoms with Gasteiger partial charge in [0.1, 0.15) is 0 Å². The van der Waals surface area contributed by atoms with Gasteiger partial charge in [-0.1, -0.05) is 0 Å². The Balaban J connectivity index is 1.85. The average molecular weight is 324 g/mol. The highest BCUT2D eigenvalue weighted by atomic mass is 32.2. The fraction of sp³-hybridized carbons (Fsp3) is 0.385. The molecule has 112 valence electrons. The van der Waals surface area contributed by atoms with E-state index in [1.165, 1.54) is 17.5 Å². The average Bonchev–Trinajstić information content (AvgIpc) is 3.21. The fourth-order valence-electron chi connectivity index (χ4n) is 1.99. The molecule has 0 aliphatic heterocycles. The van der Waals surface area contributed by atoms with Crippen molar-refractivity contribution in [1.82, 2.24) is 9.97 Å². The van der Waals surface area contributed by atoms with Crippen molar-refractivity contribution in [2.45, 2.75) is 30.7 Å². The van der Waals surface area contributed by atoms with Crippen molar-refractivity contribution in [2.24, 2.45) is 0 Å². The highest BCUT2D eigenvalue weighted by Crippen LogP contribution is 2.41. The van der Waals surface area contributed by atoms with E-state index in [-0.39, 0.29) is 5.03 Å². The van der Waals surface area contributed by atoms with Crippen molar-refractivity contribution < 1.29 is 8.42 Å². The number of nitrogens with one attached hydrogen (secondary N) is 2. The number of nitrogens with zero attached hydrogens (tertiary/aromatic N) is 2. The lowest BCUT2D eigenvalue weighted by atomic mass is 10.3. The van der Waals surface area contributed by atoms with E-state index >= 15 is 0 Å².